The first-order valence-electron chi connectivity index (χ1n) is 8.85. The minimum atomic E-state index is -0.545. The zero-order valence-electron chi connectivity index (χ0n) is 14.9. The topological polar surface area (TPSA) is 47.6 Å². The number of methoxy groups -OCH3 is 1. The number of carbonyl (C=O) groups excluding carboxylic acids is 1. The van der Waals surface area contributed by atoms with E-state index < -0.39 is 6.10 Å². The van der Waals surface area contributed by atoms with Crippen molar-refractivity contribution >= 4 is 5.91 Å². The standard InChI is InChI=1S/C21H25NO3/c1-15(21(23)22-14-18-9-5-6-10-20(18)24-2)25-19-12-11-16-7-3-4-8-17(16)13-19/h5-6,9-13,15H,3-4,7-8,14H2,1-2H3,(H,22,23)/t15-/m0/s1. The third-order valence-electron chi connectivity index (χ3n) is 4.65. The Bertz CT molecular complexity index is 742. The van der Waals surface area contributed by atoms with Gasteiger partial charge in [0.05, 0.1) is 7.11 Å². The fraction of sp³-hybridized carbons (Fsp3) is 0.381. The number of hydrogen-bond acceptors (Lipinski definition) is 3. The summed E-state index contributed by atoms with van der Waals surface area (Å²) in [7, 11) is 1.63. The summed E-state index contributed by atoms with van der Waals surface area (Å²) in [5, 5.41) is 2.91. The van der Waals surface area contributed by atoms with Crippen LogP contribution in [-0.4, -0.2) is 19.1 Å². The van der Waals surface area contributed by atoms with Gasteiger partial charge in [-0.05, 0) is 61.9 Å². The lowest BCUT2D eigenvalue weighted by Crippen LogP contribution is -2.36. The van der Waals surface area contributed by atoms with Gasteiger partial charge in [-0.1, -0.05) is 24.3 Å². The molecular formula is C21H25NO3. The summed E-state index contributed by atoms with van der Waals surface area (Å²) in [4.78, 5) is 12.3. The van der Waals surface area contributed by atoms with Gasteiger partial charge in [-0.15, -0.1) is 0 Å². The SMILES string of the molecule is COc1ccccc1CNC(=O)[C@H](C)Oc1ccc2c(c1)CCCC2. The van der Waals surface area contributed by atoms with Gasteiger partial charge in [0.25, 0.3) is 5.91 Å². The quantitative estimate of drug-likeness (QED) is 0.874. The summed E-state index contributed by atoms with van der Waals surface area (Å²) >= 11 is 0. The molecule has 25 heavy (non-hydrogen) atoms. The lowest BCUT2D eigenvalue weighted by Gasteiger charge is -2.19. The third-order valence-corrected chi connectivity index (χ3v) is 4.65. The van der Waals surface area contributed by atoms with Crippen LogP contribution >= 0.6 is 0 Å². The van der Waals surface area contributed by atoms with Crippen molar-refractivity contribution in [2.75, 3.05) is 7.11 Å². The van der Waals surface area contributed by atoms with E-state index in [0.29, 0.717) is 6.54 Å². The van der Waals surface area contributed by atoms with Crippen molar-refractivity contribution in [1.29, 1.82) is 0 Å². The second kappa shape index (κ2) is 8.06. The molecule has 2 aromatic rings. The molecule has 0 aromatic heterocycles. The highest BCUT2D eigenvalue weighted by Crippen LogP contribution is 2.26. The maximum Gasteiger partial charge on any atom is 0.261 e. The van der Waals surface area contributed by atoms with Crippen molar-refractivity contribution in [1.82, 2.24) is 5.32 Å². The highest BCUT2D eigenvalue weighted by atomic mass is 16.5. The molecule has 132 valence electrons. The monoisotopic (exact) mass is 339 g/mol. The molecule has 1 atom stereocenters. The Kier molecular flexibility index (Phi) is 5.59. The first kappa shape index (κ1) is 17.3. The molecule has 0 spiro atoms. The van der Waals surface area contributed by atoms with Crippen molar-refractivity contribution in [3.63, 3.8) is 0 Å². The van der Waals surface area contributed by atoms with Gasteiger partial charge in [0, 0.05) is 12.1 Å². The molecule has 0 saturated carbocycles. The predicted molar refractivity (Wildman–Crippen MR) is 98.0 cm³/mol. The van der Waals surface area contributed by atoms with Gasteiger partial charge >= 0.3 is 0 Å². The van der Waals surface area contributed by atoms with E-state index in [1.807, 2.05) is 30.3 Å². The maximum atomic E-state index is 12.3. The number of nitrogens with one attached hydrogen (secondary N) is 1. The van der Waals surface area contributed by atoms with E-state index in [2.05, 4.69) is 17.4 Å². The number of benzene rings is 2. The van der Waals surface area contributed by atoms with Gasteiger partial charge in [-0.3, -0.25) is 4.79 Å². The van der Waals surface area contributed by atoms with Crippen LogP contribution in [-0.2, 0) is 24.2 Å². The van der Waals surface area contributed by atoms with Gasteiger partial charge < -0.3 is 14.8 Å². The highest BCUT2D eigenvalue weighted by molar-refractivity contribution is 5.80. The van der Waals surface area contributed by atoms with Gasteiger partial charge in [0.2, 0.25) is 0 Å². The van der Waals surface area contributed by atoms with Crippen molar-refractivity contribution in [2.24, 2.45) is 0 Å². The van der Waals surface area contributed by atoms with Gasteiger partial charge in [0.15, 0.2) is 6.10 Å². The normalized spacial score (nSPS) is 14.3. The van der Waals surface area contributed by atoms with Crippen LogP contribution in [0.2, 0.25) is 0 Å². The van der Waals surface area contributed by atoms with Crippen molar-refractivity contribution < 1.29 is 14.3 Å². The molecule has 1 N–H and O–H groups in total. The van der Waals surface area contributed by atoms with E-state index in [9.17, 15) is 4.79 Å². The van der Waals surface area contributed by atoms with Gasteiger partial charge in [-0.2, -0.15) is 0 Å². The molecule has 4 nitrogen and oxygen atoms in total. The smallest absolute Gasteiger partial charge is 0.261 e. The van der Waals surface area contributed by atoms with Crippen LogP contribution < -0.4 is 14.8 Å². The van der Waals surface area contributed by atoms with E-state index >= 15 is 0 Å². The van der Waals surface area contributed by atoms with Crippen molar-refractivity contribution in [3.05, 3.63) is 59.2 Å². The van der Waals surface area contributed by atoms with Gasteiger partial charge in [0.1, 0.15) is 11.5 Å². The Hall–Kier alpha value is -2.49. The number of ether oxygens (including phenoxy) is 2. The summed E-state index contributed by atoms with van der Waals surface area (Å²) in [5.41, 5.74) is 3.71. The van der Waals surface area contributed by atoms with Crippen molar-refractivity contribution in [3.8, 4) is 11.5 Å². The molecule has 0 aliphatic heterocycles. The minimum absolute atomic E-state index is 0.136. The summed E-state index contributed by atoms with van der Waals surface area (Å²) in [6.07, 6.45) is 4.18. The Morgan fingerprint density at radius 3 is 2.68 bits per heavy atom. The Balaban J connectivity index is 1.57. The van der Waals surface area contributed by atoms with Crippen LogP contribution in [0.4, 0.5) is 0 Å². The zero-order chi connectivity index (χ0) is 17.6. The number of carbonyl (C=O) groups is 1. The lowest BCUT2D eigenvalue weighted by molar-refractivity contribution is -0.127. The second-order valence-corrected chi connectivity index (χ2v) is 6.43. The number of aryl methyl sites for hydroxylation is 2. The molecule has 0 fully saturated rings. The summed E-state index contributed by atoms with van der Waals surface area (Å²) in [6.45, 7) is 2.19. The van der Waals surface area contributed by atoms with E-state index in [1.54, 1.807) is 14.0 Å². The molecule has 4 heteroatoms. The van der Waals surface area contributed by atoms with E-state index in [0.717, 1.165) is 29.9 Å². The Labute approximate surface area is 149 Å². The number of rotatable bonds is 6. The van der Waals surface area contributed by atoms with E-state index in [4.69, 9.17) is 9.47 Å². The van der Waals surface area contributed by atoms with Crippen LogP contribution in [0.1, 0.15) is 36.5 Å². The predicted octanol–water partition coefficient (Wildman–Crippen LogP) is 3.66. The number of fused-ring (bicyclic) bond motifs is 1. The van der Waals surface area contributed by atoms with E-state index in [1.165, 1.54) is 24.0 Å². The van der Waals surface area contributed by atoms with E-state index in [-0.39, 0.29) is 5.91 Å². The average molecular weight is 339 g/mol. The number of para-hydroxylation sites is 1. The molecule has 0 unspecified atom stereocenters. The molecular weight excluding hydrogens is 314 g/mol. The first-order valence-corrected chi connectivity index (χ1v) is 8.85. The minimum Gasteiger partial charge on any atom is -0.496 e. The number of amides is 1. The van der Waals surface area contributed by atoms with Gasteiger partial charge in [-0.25, -0.2) is 0 Å². The Morgan fingerprint density at radius 2 is 1.88 bits per heavy atom. The van der Waals surface area contributed by atoms with Crippen LogP contribution in [0.3, 0.4) is 0 Å². The van der Waals surface area contributed by atoms with Crippen LogP contribution in [0, 0.1) is 0 Å². The third kappa shape index (κ3) is 4.32. The summed E-state index contributed by atoms with van der Waals surface area (Å²) in [5.74, 6) is 1.40. The molecule has 3 rings (SSSR count). The summed E-state index contributed by atoms with van der Waals surface area (Å²) in [6, 6.07) is 13.8. The largest absolute Gasteiger partial charge is 0.496 e. The first-order chi connectivity index (χ1) is 12.2. The fourth-order valence-corrected chi connectivity index (χ4v) is 3.22. The maximum absolute atomic E-state index is 12.3. The molecule has 2 aromatic carbocycles. The van der Waals surface area contributed by atoms with Crippen molar-refractivity contribution in [2.45, 2.75) is 45.3 Å². The van der Waals surface area contributed by atoms with Crippen LogP contribution in [0.15, 0.2) is 42.5 Å². The fourth-order valence-electron chi connectivity index (χ4n) is 3.22. The summed E-state index contributed by atoms with van der Waals surface area (Å²) < 4.78 is 11.1. The molecule has 1 aliphatic rings. The molecule has 1 aliphatic carbocycles. The zero-order valence-corrected chi connectivity index (χ0v) is 14.9. The van der Waals surface area contributed by atoms with Crippen LogP contribution in [0.5, 0.6) is 11.5 Å². The molecule has 0 bridgehead atoms. The second-order valence-electron chi connectivity index (χ2n) is 6.43. The molecule has 0 radical (unpaired) electrons. The highest BCUT2D eigenvalue weighted by Gasteiger charge is 2.16. The lowest BCUT2D eigenvalue weighted by atomic mass is 9.92. The number of hydrogen-bond donors (Lipinski definition) is 1. The molecule has 0 saturated heterocycles. The molecule has 1 amide bonds. The van der Waals surface area contributed by atoms with Crippen LogP contribution in [0.25, 0.3) is 0 Å². The average Bonchev–Trinajstić information content (AvgIpc) is 2.66. The Morgan fingerprint density at radius 1 is 1.12 bits per heavy atom. The molecule has 0 heterocycles.